The molecule has 0 aromatic heterocycles. The lowest BCUT2D eigenvalue weighted by molar-refractivity contribution is -0.155. The van der Waals surface area contributed by atoms with Crippen LogP contribution in [0.4, 0.5) is 0 Å². The highest BCUT2D eigenvalue weighted by molar-refractivity contribution is 5.89. The van der Waals surface area contributed by atoms with Crippen LogP contribution in [0.15, 0.2) is 30.3 Å². The normalized spacial score (nSPS) is 19.0. The van der Waals surface area contributed by atoms with Crippen molar-refractivity contribution in [2.75, 3.05) is 19.8 Å². The average Bonchev–Trinajstić information content (AvgIpc) is 2.50. The molecule has 3 N–H and O–H groups in total. The first-order valence-electron chi connectivity index (χ1n) is 7.52. The smallest absolute Gasteiger partial charge is 0.249 e. The molecule has 0 radical (unpaired) electrons. The number of carbonyl (C=O) groups excluding carboxylic acids is 2. The second-order valence-electron chi connectivity index (χ2n) is 5.60. The summed E-state index contributed by atoms with van der Waals surface area (Å²) in [5, 5.41) is 2.83. The van der Waals surface area contributed by atoms with Crippen molar-refractivity contribution in [2.45, 2.75) is 32.0 Å². The molecule has 0 bridgehead atoms. The minimum absolute atomic E-state index is 0. The van der Waals surface area contributed by atoms with E-state index in [0.29, 0.717) is 19.5 Å². The van der Waals surface area contributed by atoms with Crippen molar-refractivity contribution >= 4 is 24.2 Å². The zero-order valence-electron chi connectivity index (χ0n) is 13.2. The molecule has 23 heavy (non-hydrogen) atoms. The first-order chi connectivity index (χ1) is 10.6. The lowest BCUT2D eigenvalue weighted by Crippen LogP contribution is -2.56. The highest BCUT2D eigenvalue weighted by Gasteiger charge is 2.33. The van der Waals surface area contributed by atoms with Crippen LogP contribution in [0.3, 0.4) is 0 Å². The third kappa shape index (κ3) is 5.82. The van der Waals surface area contributed by atoms with Gasteiger partial charge >= 0.3 is 0 Å². The first kappa shape index (κ1) is 19.4. The van der Waals surface area contributed by atoms with Crippen LogP contribution in [0.25, 0.3) is 0 Å². The number of nitrogens with zero attached hydrogens (tertiary/aromatic N) is 1. The van der Waals surface area contributed by atoms with E-state index in [1.165, 1.54) is 0 Å². The largest absolute Gasteiger partial charge is 0.369 e. The molecular weight excluding hydrogens is 318 g/mol. The minimum Gasteiger partial charge on any atom is -0.369 e. The van der Waals surface area contributed by atoms with Crippen molar-refractivity contribution in [3.63, 3.8) is 0 Å². The summed E-state index contributed by atoms with van der Waals surface area (Å²) in [7, 11) is 0. The van der Waals surface area contributed by atoms with E-state index in [-0.39, 0.29) is 43.5 Å². The molecule has 1 aliphatic heterocycles. The number of nitrogens with two attached hydrogens (primary N) is 1. The molecule has 6 nitrogen and oxygen atoms in total. The summed E-state index contributed by atoms with van der Waals surface area (Å²) in [6, 6.07) is 9.07. The number of ether oxygens (including phenoxy) is 1. The van der Waals surface area contributed by atoms with Crippen LogP contribution in [-0.2, 0) is 20.9 Å². The predicted molar refractivity (Wildman–Crippen MR) is 90.1 cm³/mol. The van der Waals surface area contributed by atoms with E-state index >= 15 is 0 Å². The Kier molecular flexibility index (Phi) is 8.02. The Bertz CT molecular complexity index is 511. The molecule has 1 aromatic carbocycles. The number of amides is 2. The maximum atomic E-state index is 12.3. The van der Waals surface area contributed by atoms with Gasteiger partial charge in [-0.05, 0) is 18.9 Å². The van der Waals surface area contributed by atoms with Gasteiger partial charge in [-0.25, -0.2) is 0 Å². The molecule has 1 heterocycles. The molecule has 2 rings (SSSR count). The van der Waals surface area contributed by atoms with Crippen LogP contribution in [0.2, 0.25) is 0 Å². The van der Waals surface area contributed by atoms with E-state index in [0.717, 1.165) is 5.56 Å². The van der Waals surface area contributed by atoms with Gasteiger partial charge in [0.05, 0.1) is 6.61 Å². The van der Waals surface area contributed by atoms with Gasteiger partial charge in [0.15, 0.2) is 0 Å². The molecule has 1 aliphatic rings. The highest BCUT2D eigenvalue weighted by Crippen LogP contribution is 2.13. The Hall–Kier alpha value is -1.63. The third-order valence-corrected chi connectivity index (χ3v) is 3.60. The molecule has 128 valence electrons. The van der Waals surface area contributed by atoms with Crippen LogP contribution >= 0.6 is 12.4 Å². The van der Waals surface area contributed by atoms with Gasteiger partial charge in [-0.2, -0.15) is 0 Å². The van der Waals surface area contributed by atoms with Crippen LogP contribution in [-0.4, -0.2) is 48.6 Å². The number of morpholine rings is 1. The Labute approximate surface area is 142 Å². The van der Waals surface area contributed by atoms with Crippen molar-refractivity contribution in [2.24, 2.45) is 5.73 Å². The molecule has 0 aliphatic carbocycles. The number of hydrogen-bond donors (Lipinski definition) is 2. The Morgan fingerprint density at radius 2 is 2.13 bits per heavy atom. The minimum atomic E-state index is -0.588. The van der Waals surface area contributed by atoms with Crippen molar-refractivity contribution in [1.29, 1.82) is 0 Å². The van der Waals surface area contributed by atoms with Gasteiger partial charge in [0.25, 0.3) is 0 Å². The zero-order chi connectivity index (χ0) is 15.9. The molecular formula is C16H24ClN3O3. The summed E-state index contributed by atoms with van der Waals surface area (Å²) in [6.45, 7) is 3.05. The average molecular weight is 342 g/mol. The van der Waals surface area contributed by atoms with Crippen molar-refractivity contribution in [3.8, 4) is 0 Å². The fraction of sp³-hybridized carbons (Fsp3) is 0.500. The lowest BCUT2D eigenvalue weighted by Gasteiger charge is -2.34. The maximum absolute atomic E-state index is 12.3. The summed E-state index contributed by atoms with van der Waals surface area (Å²) in [5.74, 6) is -0.355. The standard InChI is InChI=1S/C16H23N3O3.ClH/c1-12(17)7-8-18-16(21)14-10-22-11-15(20)19(14)9-13-5-3-2-4-6-13;/h2-6,12,14H,7-11,17H2,1H3,(H,18,21);1H/t12?,14-;/m1./s1. The van der Waals surface area contributed by atoms with Crippen molar-refractivity contribution in [3.05, 3.63) is 35.9 Å². The van der Waals surface area contributed by atoms with Gasteiger partial charge in [0, 0.05) is 19.1 Å². The summed E-state index contributed by atoms with van der Waals surface area (Å²) >= 11 is 0. The molecule has 2 atom stereocenters. The van der Waals surface area contributed by atoms with Gasteiger partial charge in [0.1, 0.15) is 12.6 Å². The molecule has 1 aromatic rings. The zero-order valence-corrected chi connectivity index (χ0v) is 14.1. The van der Waals surface area contributed by atoms with Crippen LogP contribution < -0.4 is 11.1 Å². The quantitative estimate of drug-likeness (QED) is 0.797. The van der Waals surface area contributed by atoms with E-state index in [1.54, 1.807) is 4.90 Å². The van der Waals surface area contributed by atoms with Crippen LogP contribution in [0.1, 0.15) is 18.9 Å². The first-order valence-corrected chi connectivity index (χ1v) is 7.52. The summed E-state index contributed by atoms with van der Waals surface area (Å²) < 4.78 is 5.23. The van der Waals surface area contributed by atoms with Crippen LogP contribution in [0.5, 0.6) is 0 Å². The SMILES string of the molecule is CC(N)CCNC(=O)[C@H]1COCC(=O)N1Cc1ccccc1.Cl. The monoisotopic (exact) mass is 341 g/mol. The van der Waals surface area contributed by atoms with E-state index in [1.807, 2.05) is 37.3 Å². The van der Waals surface area contributed by atoms with Gasteiger partial charge in [-0.15, -0.1) is 12.4 Å². The van der Waals surface area contributed by atoms with Gasteiger partial charge in [-0.1, -0.05) is 30.3 Å². The molecule has 7 heteroatoms. The number of carbonyl (C=O) groups is 2. The summed E-state index contributed by atoms with van der Waals surface area (Å²) in [6.07, 6.45) is 0.700. The van der Waals surface area contributed by atoms with Gasteiger partial charge < -0.3 is 20.7 Å². The number of halogens is 1. The van der Waals surface area contributed by atoms with Crippen molar-refractivity contribution in [1.82, 2.24) is 10.2 Å². The summed E-state index contributed by atoms with van der Waals surface area (Å²) in [5.41, 5.74) is 6.66. The third-order valence-electron chi connectivity index (χ3n) is 3.60. The molecule has 0 spiro atoms. The van der Waals surface area contributed by atoms with Gasteiger partial charge in [-0.3, -0.25) is 9.59 Å². The van der Waals surface area contributed by atoms with Crippen LogP contribution in [0, 0.1) is 0 Å². The molecule has 1 unspecified atom stereocenters. The lowest BCUT2D eigenvalue weighted by atomic mass is 10.1. The topological polar surface area (TPSA) is 84.7 Å². The van der Waals surface area contributed by atoms with E-state index in [4.69, 9.17) is 10.5 Å². The fourth-order valence-electron chi connectivity index (χ4n) is 2.34. The highest BCUT2D eigenvalue weighted by atomic mass is 35.5. The molecule has 1 fully saturated rings. The second-order valence-corrected chi connectivity index (χ2v) is 5.60. The number of benzene rings is 1. The van der Waals surface area contributed by atoms with Gasteiger partial charge in [0.2, 0.25) is 11.8 Å². The molecule has 2 amide bonds. The summed E-state index contributed by atoms with van der Waals surface area (Å²) in [4.78, 5) is 26.0. The number of nitrogens with one attached hydrogen (secondary N) is 1. The number of hydrogen-bond acceptors (Lipinski definition) is 4. The Balaban J connectivity index is 0.00000264. The predicted octanol–water partition coefficient (Wildman–Crippen LogP) is 0.689. The van der Waals surface area contributed by atoms with Crippen molar-refractivity contribution < 1.29 is 14.3 Å². The molecule has 0 saturated carbocycles. The Morgan fingerprint density at radius 3 is 2.78 bits per heavy atom. The molecule has 1 saturated heterocycles. The second kappa shape index (κ2) is 9.50. The van der Waals surface area contributed by atoms with E-state index in [2.05, 4.69) is 5.32 Å². The fourth-order valence-corrected chi connectivity index (χ4v) is 2.34. The van der Waals surface area contributed by atoms with E-state index < -0.39 is 6.04 Å². The Morgan fingerprint density at radius 1 is 1.43 bits per heavy atom. The number of rotatable bonds is 6. The maximum Gasteiger partial charge on any atom is 0.249 e. The van der Waals surface area contributed by atoms with E-state index in [9.17, 15) is 9.59 Å².